The Morgan fingerprint density at radius 2 is 1.88 bits per heavy atom. The van der Waals surface area contributed by atoms with E-state index >= 15 is 0 Å². The van der Waals surface area contributed by atoms with Crippen molar-refractivity contribution in [2.24, 2.45) is 11.8 Å². The van der Waals surface area contributed by atoms with Gasteiger partial charge in [0.2, 0.25) is 5.91 Å². The average Bonchev–Trinajstić information content (AvgIpc) is 3.18. The molecule has 4 aliphatic rings. The first-order chi connectivity index (χ1) is 12.8. The summed E-state index contributed by atoms with van der Waals surface area (Å²) >= 11 is 0. The van der Waals surface area contributed by atoms with Crippen LogP contribution in [-0.4, -0.2) is 54.0 Å². The fraction of sp³-hybridized carbons (Fsp3) is 0.682. The normalized spacial score (nSPS) is 37.4. The van der Waals surface area contributed by atoms with Crippen molar-refractivity contribution in [3.05, 3.63) is 35.9 Å². The minimum atomic E-state index is 0.0153. The zero-order chi connectivity index (χ0) is 17.5. The summed E-state index contributed by atoms with van der Waals surface area (Å²) in [6.45, 7) is 4.47. The van der Waals surface area contributed by atoms with Gasteiger partial charge in [-0.2, -0.15) is 0 Å². The number of hydrogen-bond acceptors (Lipinski definition) is 3. The van der Waals surface area contributed by atoms with E-state index in [0.29, 0.717) is 23.8 Å². The average molecular weight is 354 g/mol. The number of benzene rings is 1. The van der Waals surface area contributed by atoms with Gasteiger partial charge in [-0.1, -0.05) is 36.8 Å². The van der Waals surface area contributed by atoms with Gasteiger partial charge in [0, 0.05) is 31.7 Å². The Hall–Kier alpha value is -1.39. The predicted molar refractivity (Wildman–Crippen MR) is 103 cm³/mol. The molecule has 1 aromatic carbocycles. The molecule has 0 radical (unpaired) electrons. The third-order valence-corrected chi connectivity index (χ3v) is 7.23. The van der Waals surface area contributed by atoms with Gasteiger partial charge in [-0.05, 0) is 56.0 Å². The third kappa shape index (κ3) is 3.07. The van der Waals surface area contributed by atoms with Gasteiger partial charge in [-0.3, -0.25) is 15.0 Å². The summed E-state index contributed by atoms with van der Waals surface area (Å²) in [5.74, 6) is 1.76. The summed E-state index contributed by atoms with van der Waals surface area (Å²) in [7, 11) is 0. The molecule has 1 aromatic rings. The molecule has 0 unspecified atom stereocenters. The topological polar surface area (TPSA) is 35.6 Å². The molecule has 4 aliphatic heterocycles. The lowest BCUT2D eigenvalue weighted by atomic mass is 9.76. The summed E-state index contributed by atoms with van der Waals surface area (Å²) in [5, 5.41) is 3.62. The van der Waals surface area contributed by atoms with E-state index in [0.717, 1.165) is 32.0 Å². The number of rotatable bonds is 2. The van der Waals surface area contributed by atoms with Crippen LogP contribution in [0.1, 0.15) is 50.1 Å². The number of nitrogens with zero attached hydrogens (tertiary/aromatic N) is 2. The smallest absolute Gasteiger partial charge is 0.239 e. The Kier molecular flexibility index (Phi) is 4.49. The highest BCUT2D eigenvalue weighted by molar-refractivity contribution is 5.82. The van der Waals surface area contributed by atoms with Crippen molar-refractivity contribution < 1.29 is 4.79 Å². The molecule has 1 amide bonds. The summed E-state index contributed by atoms with van der Waals surface area (Å²) in [4.78, 5) is 18.2. The van der Waals surface area contributed by atoms with Gasteiger partial charge in [0.15, 0.2) is 0 Å². The molecular weight excluding hydrogens is 322 g/mol. The molecule has 4 heterocycles. The Morgan fingerprint density at radius 1 is 1.00 bits per heavy atom. The van der Waals surface area contributed by atoms with E-state index < -0.39 is 0 Å². The maximum atomic E-state index is 13.2. The highest BCUT2D eigenvalue weighted by Gasteiger charge is 2.44. The summed E-state index contributed by atoms with van der Waals surface area (Å²) < 4.78 is 0. The van der Waals surface area contributed by atoms with E-state index in [1.54, 1.807) is 0 Å². The first-order valence-corrected chi connectivity index (χ1v) is 10.6. The molecule has 140 valence electrons. The first-order valence-electron chi connectivity index (χ1n) is 10.6. The minimum absolute atomic E-state index is 0.0153. The largest absolute Gasteiger partial charge is 0.341 e. The van der Waals surface area contributed by atoms with Crippen LogP contribution in [0.5, 0.6) is 0 Å². The van der Waals surface area contributed by atoms with E-state index in [-0.39, 0.29) is 6.04 Å². The zero-order valence-corrected chi connectivity index (χ0v) is 15.6. The Morgan fingerprint density at radius 3 is 2.77 bits per heavy atom. The van der Waals surface area contributed by atoms with Gasteiger partial charge in [-0.15, -0.1) is 0 Å². The monoisotopic (exact) mass is 353 g/mol. The van der Waals surface area contributed by atoms with Crippen LogP contribution in [0, 0.1) is 11.8 Å². The number of amides is 1. The molecule has 4 saturated heterocycles. The van der Waals surface area contributed by atoms with Crippen LogP contribution in [0.4, 0.5) is 0 Å². The van der Waals surface area contributed by atoms with Crippen LogP contribution in [-0.2, 0) is 4.79 Å². The number of carbonyl (C=O) groups excluding carboxylic acids is 1. The highest BCUT2D eigenvalue weighted by atomic mass is 16.2. The Balaban J connectivity index is 1.24. The second-order valence-electron chi connectivity index (χ2n) is 8.92. The van der Waals surface area contributed by atoms with Crippen molar-refractivity contribution in [1.29, 1.82) is 0 Å². The molecule has 4 heteroatoms. The van der Waals surface area contributed by atoms with Crippen LogP contribution < -0.4 is 5.32 Å². The van der Waals surface area contributed by atoms with Crippen molar-refractivity contribution in [3.8, 4) is 0 Å². The first kappa shape index (κ1) is 16.8. The lowest BCUT2D eigenvalue weighted by Crippen LogP contribution is -2.61. The maximum Gasteiger partial charge on any atom is 0.239 e. The second-order valence-corrected chi connectivity index (χ2v) is 8.92. The molecule has 4 fully saturated rings. The summed E-state index contributed by atoms with van der Waals surface area (Å²) in [5.41, 5.74) is 1.32. The Labute approximate surface area is 156 Å². The minimum Gasteiger partial charge on any atom is -0.341 e. The lowest BCUT2D eigenvalue weighted by molar-refractivity contribution is -0.139. The van der Waals surface area contributed by atoms with Gasteiger partial charge in [0.1, 0.15) is 0 Å². The second kappa shape index (κ2) is 6.97. The van der Waals surface area contributed by atoms with E-state index in [9.17, 15) is 4.79 Å². The molecule has 0 aliphatic carbocycles. The van der Waals surface area contributed by atoms with Crippen LogP contribution in [0.2, 0.25) is 0 Å². The van der Waals surface area contributed by atoms with Crippen molar-refractivity contribution in [1.82, 2.24) is 15.1 Å². The van der Waals surface area contributed by atoms with Gasteiger partial charge in [0.05, 0.1) is 6.04 Å². The molecule has 4 nitrogen and oxygen atoms in total. The van der Waals surface area contributed by atoms with Gasteiger partial charge in [0.25, 0.3) is 0 Å². The number of piperidine rings is 3. The van der Waals surface area contributed by atoms with Gasteiger partial charge in [-0.25, -0.2) is 0 Å². The third-order valence-electron chi connectivity index (χ3n) is 7.23. The van der Waals surface area contributed by atoms with Crippen LogP contribution in [0.15, 0.2) is 30.3 Å². The van der Waals surface area contributed by atoms with E-state index in [4.69, 9.17) is 0 Å². The number of hydrogen-bond donors (Lipinski definition) is 1. The van der Waals surface area contributed by atoms with Crippen molar-refractivity contribution >= 4 is 5.91 Å². The lowest BCUT2D eigenvalue weighted by Gasteiger charge is -2.52. The van der Waals surface area contributed by atoms with Crippen molar-refractivity contribution in [2.45, 2.75) is 56.7 Å². The molecule has 0 aromatic heterocycles. The van der Waals surface area contributed by atoms with Crippen LogP contribution in [0.25, 0.3) is 0 Å². The Bertz CT molecular complexity index is 648. The SMILES string of the molecule is O=C([C@H]1CC[C@H](c2ccccc2)N1)N1C[C@@H]2C[C@H](C1)[C@@H]1CCCCN1C2. The predicted octanol–water partition coefficient (Wildman–Crippen LogP) is 2.81. The van der Waals surface area contributed by atoms with E-state index in [1.165, 1.54) is 44.3 Å². The fourth-order valence-corrected chi connectivity index (χ4v) is 6.05. The molecular formula is C22H31N3O. The van der Waals surface area contributed by atoms with Gasteiger partial charge >= 0.3 is 0 Å². The maximum absolute atomic E-state index is 13.2. The fourth-order valence-electron chi connectivity index (χ4n) is 6.05. The quantitative estimate of drug-likeness (QED) is 0.888. The molecule has 0 spiro atoms. The summed E-state index contributed by atoms with van der Waals surface area (Å²) in [6.07, 6.45) is 7.47. The van der Waals surface area contributed by atoms with Crippen molar-refractivity contribution in [2.75, 3.05) is 26.2 Å². The molecule has 2 bridgehead atoms. The standard InChI is InChI=1S/C22H31N3O/c26-22(20-10-9-19(23-20)17-6-2-1-3-7-17)25-14-16-12-18(15-25)21-8-4-5-11-24(21)13-16/h1-3,6-7,16,18-21,23H,4-5,8-15H2/t16-,18-,19-,20-,21+/m1/s1. The number of nitrogens with one attached hydrogen (secondary N) is 1. The molecule has 5 rings (SSSR count). The number of likely N-dealkylation sites (tertiary alicyclic amines) is 1. The van der Waals surface area contributed by atoms with Gasteiger partial charge < -0.3 is 4.90 Å². The molecule has 1 N–H and O–H groups in total. The van der Waals surface area contributed by atoms with Crippen LogP contribution in [0.3, 0.4) is 0 Å². The summed E-state index contributed by atoms with van der Waals surface area (Å²) in [6, 6.07) is 11.7. The molecule has 0 saturated carbocycles. The van der Waals surface area contributed by atoms with Crippen LogP contribution >= 0.6 is 0 Å². The number of carbonyl (C=O) groups is 1. The zero-order valence-electron chi connectivity index (χ0n) is 15.6. The van der Waals surface area contributed by atoms with Crippen molar-refractivity contribution in [3.63, 3.8) is 0 Å². The number of fused-ring (bicyclic) bond motifs is 4. The van der Waals surface area contributed by atoms with E-state index in [1.807, 2.05) is 0 Å². The highest BCUT2D eigenvalue weighted by Crippen LogP contribution is 2.38. The molecule has 26 heavy (non-hydrogen) atoms. The molecule has 5 atom stereocenters. The van der Waals surface area contributed by atoms with E-state index in [2.05, 4.69) is 45.4 Å².